The summed E-state index contributed by atoms with van der Waals surface area (Å²) in [4.78, 5) is 23.1. The van der Waals surface area contributed by atoms with E-state index in [1.165, 1.54) is 70.6 Å². The van der Waals surface area contributed by atoms with Crippen LogP contribution in [0.3, 0.4) is 0 Å². The van der Waals surface area contributed by atoms with Crippen LogP contribution < -0.4 is 0 Å². The van der Waals surface area contributed by atoms with Gasteiger partial charge in [-0.05, 0) is 19.3 Å². The van der Waals surface area contributed by atoms with Gasteiger partial charge in [-0.15, -0.1) is 0 Å². The third kappa shape index (κ3) is 22.6. The number of ether oxygens (including phenoxy) is 1. The molecule has 0 radical (unpaired) electrons. The van der Waals surface area contributed by atoms with E-state index in [9.17, 15) is 9.59 Å². The van der Waals surface area contributed by atoms with E-state index in [0.29, 0.717) is 17.4 Å². The molecule has 0 heterocycles. The molecule has 0 aliphatic heterocycles. The predicted octanol–water partition coefficient (Wildman–Crippen LogP) is 6.75. The van der Waals surface area contributed by atoms with E-state index in [-0.39, 0.29) is 12.4 Å². The number of carbonyl (C=O) groups excluding carboxylic acids is 1. The summed E-state index contributed by atoms with van der Waals surface area (Å²) in [5.41, 5.74) is 0. The fraction of sp³-hybridized carbons (Fsp3) is 0.920. The predicted molar refractivity (Wildman–Crippen MR) is 138 cm³/mol. The number of hydrogen-bond donors (Lipinski definition) is 1. The molecule has 6 heteroatoms. The van der Waals surface area contributed by atoms with Crippen molar-refractivity contribution >= 4 is 34.5 Å². The van der Waals surface area contributed by atoms with Crippen molar-refractivity contribution in [1.82, 2.24) is 0 Å². The minimum atomic E-state index is -0.924. The van der Waals surface area contributed by atoms with Gasteiger partial charge in [0.2, 0.25) is 0 Å². The number of rotatable bonds is 21. The van der Waals surface area contributed by atoms with Crippen LogP contribution in [-0.4, -0.2) is 59.2 Å². The number of aliphatic carboxylic acids is 1. The molecule has 31 heavy (non-hydrogen) atoms. The molecule has 0 bridgehead atoms. The van der Waals surface area contributed by atoms with Crippen LogP contribution in [0.5, 0.6) is 0 Å². The summed E-state index contributed by atoms with van der Waals surface area (Å²) in [5.74, 6) is -1.19. The van der Waals surface area contributed by atoms with Gasteiger partial charge < -0.3 is 14.3 Å². The maximum absolute atomic E-state index is 12.1. The molecule has 184 valence electrons. The van der Waals surface area contributed by atoms with E-state index in [0.717, 1.165) is 23.2 Å². The summed E-state index contributed by atoms with van der Waals surface area (Å²) in [6, 6.07) is 0. The first kappa shape index (κ1) is 30.6. The normalized spacial score (nSPS) is 13.7. The number of likely N-dealkylation sites (N-methyl/N-ethyl adjacent to an activating group) is 1. The van der Waals surface area contributed by atoms with Gasteiger partial charge in [-0.1, -0.05) is 100 Å². The lowest BCUT2D eigenvalue weighted by Gasteiger charge is -2.28. The third-order valence-corrected chi connectivity index (χ3v) is 6.72. The van der Waals surface area contributed by atoms with E-state index >= 15 is 0 Å². The maximum atomic E-state index is 12.1. The van der Waals surface area contributed by atoms with Crippen LogP contribution in [0.2, 0.25) is 0 Å². The Labute approximate surface area is 205 Å². The van der Waals surface area contributed by atoms with Crippen LogP contribution in [0.15, 0.2) is 0 Å². The molecule has 1 N–H and O–H groups in total. The van der Waals surface area contributed by atoms with Gasteiger partial charge in [-0.25, -0.2) is 0 Å². The number of nitrogens with zero attached hydrogens (tertiary/aromatic N) is 1. The lowest BCUT2D eigenvalue weighted by molar-refractivity contribution is -0.873. The molecule has 0 aromatic carbocycles. The van der Waals surface area contributed by atoms with Gasteiger partial charge in [-0.3, -0.25) is 9.59 Å². The summed E-state index contributed by atoms with van der Waals surface area (Å²) >= 11 is 2.62. The summed E-state index contributed by atoms with van der Waals surface area (Å²) in [6.45, 7) is 2.77. The van der Waals surface area contributed by atoms with E-state index in [1.54, 1.807) is 0 Å². The quantitative estimate of drug-likeness (QED) is 0.0560. The van der Waals surface area contributed by atoms with Crippen molar-refractivity contribution in [1.29, 1.82) is 0 Å². The fourth-order valence-corrected chi connectivity index (χ4v) is 4.71. The first-order valence-corrected chi connectivity index (χ1v) is 13.7. The lowest BCUT2D eigenvalue weighted by atomic mass is 10.0. The van der Waals surface area contributed by atoms with E-state index in [1.807, 2.05) is 21.1 Å². The Balaban J connectivity index is 3.69. The molecule has 0 aromatic heterocycles. The van der Waals surface area contributed by atoms with Crippen molar-refractivity contribution in [3.05, 3.63) is 0 Å². The van der Waals surface area contributed by atoms with Crippen molar-refractivity contribution in [3.8, 4) is 0 Å². The number of hydrogen-bond acceptors (Lipinski definition) is 3. The molecule has 0 saturated heterocycles. The molecule has 0 amide bonds. The molecule has 0 rings (SSSR count). The number of quaternary nitrogens is 1. The summed E-state index contributed by atoms with van der Waals surface area (Å²) in [5, 5.41) is 9.03. The topological polar surface area (TPSA) is 63.6 Å². The molecule has 0 fully saturated rings. The zero-order valence-electron chi connectivity index (χ0n) is 20.7. The van der Waals surface area contributed by atoms with Crippen LogP contribution in [0.25, 0.3) is 0 Å². The summed E-state index contributed by atoms with van der Waals surface area (Å²) < 4.78 is 6.81. The molecule has 2 unspecified atom stereocenters. The van der Waals surface area contributed by atoms with E-state index in [4.69, 9.17) is 9.84 Å². The minimum absolute atomic E-state index is 0.127. The zero-order chi connectivity index (χ0) is 23.5. The Bertz CT molecular complexity index is 465. The number of carbonyl (C=O) groups is 2. The molecular weight excluding hydrogens is 505 g/mol. The molecule has 2 atom stereocenters. The highest BCUT2D eigenvalue weighted by Gasteiger charge is 2.24. The van der Waals surface area contributed by atoms with Gasteiger partial charge in [0.05, 0.1) is 27.6 Å². The second-order valence-corrected chi connectivity index (χ2v) is 11.8. The van der Waals surface area contributed by atoms with Crippen LogP contribution in [-0.2, 0) is 14.3 Å². The molecule has 0 saturated carbocycles. The molecule has 0 aliphatic rings. The highest BCUT2D eigenvalue weighted by Crippen LogP contribution is 2.20. The number of carboxylic acids is 1. The van der Waals surface area contributed by atoms with Crippen molar-refractivity contribution < 1.29 is 23.9 Å². The fourth-order valence-electron chi connectivity index (χ4n) is 3.83. The molecule has 5 nitrogen and oxygen atoms in total. The smallest absolute Gasteiger partial charge is 0.307 e. The monoisotopic (exact) mass is 554 g/mol. The Hall–Kier alpha value is -0.370. The van der Waals surface area contributed by atoms with Gasteiger partial charge in [0.25, 0.3) is 0 Å². The van der Waals surface area contributed by atoms with Gasteiger partial charge in [0.15, 0.2) is 6.10 Å². The van der Waals surface area contributed by atoms with Crippen LogP contribution >= 0.6 is 22.6 Å². The van der Waals surface area contributed by atoms with Crippen LogP contribution in [0.4, 0.5) is 0 Å². The van der Waals surface area contributed by atoms with Gasteiger partial charge in [0.1, 0.15) is 6.54 Å². The average molecular weight is 555 g/mol. The zero-order valence-corrected chi connectivity index (χ0v) is 22.8. The Kier molecular flexibility index (Phi) is 18.9. The van der Waals surface area contributed by atoms with Crippen molar-refractivity contribution in [2.45, 2.75) is 120 Å². The second-order valence-electron chi connectivity index (χ2n) is 10.00. The third-order valence-electron chi connectivity index (χ3n) is 5.47. The number of carboxylic acid groups (broad SMARTS) is 1. The number of alkyl halides is 1. The van der Waals surface area contributed by atoms with E-state index < -0.39 is 12.1 Å². The van der Waals surface area contributed by atoms with Gasteiger partial charge in [0, 0.05) is 10.3 Å². The van der Waals surface area contributed by atoms with Gasteiger partial charge in [-0.2, -0.15) is 0 Å². The number of esters is 1. The van der Waals surface area contributed by atoms with Gasteiger partial charge >= 0.3 is 11.9 Å². The molecule has 0 aromatic rings. The van der Waals surface area contributed by atoms with E-state index in [2.05, 4.69) is 29.5 Å². The SMILES string of the molecule is CCCCCCCCCC(I)CCCCCCCC(=O)OC(CC(=O)O)C[N+](C)(C)C. The lowest BCUT2D eigenvalue weighted by Crippen LogP contribution is -2.43. The average Bonchev–Trinajstić information content (AvgIpc) is 2.64. The highest BCUT2D eigenvalue weighted by molar-refractivity contribution is 14.1. The molecular formula is C25H49INO4+. The summed E-state index contributed by atoms with van der Waals surface area (Å²) in [7, 11) is 5.91. The first-order chi connectivity index (χ1) is 14.6. The van der Waals surface area contributed by atoms with Crippen LogP contribution in [0.1, 0.15) is 110 Å². The number of halogens is 1. The second kappa shape index (κ2) is 19.1. The molecule has 0 aliphatic carbocycles. The Morgan fingerprint density at radius 1 is 0.839 bits per heavy atom. The first-order valence-electron chi connectivity index (χ1n) is 12.5. The highest BCUT2D eigenvalue weighted by atomic mass is 127. The van der Waals surface area contributed by atoms with Crippen molar-refractivity contribution in [3.63, 3.8) is 0 Å². The Morgan fingerprint density at radius 2 is 1.32 bits per heavy atom. The summed E-state index contributed by atoms with van der Waals surface area (Å²) in [6.07, 6.45) is 17.6. The minimum Gasteiger partial charge on any atom is -0.481 e. The van der Waals surface area contributed by atoms with Crippen molar-refractivity contribution in [2.75, 3.05) is 27.7 Å². The van der Waals surface area contributed by atoms with Crippen molar-refractivity contribution in [2.24, 2.45) is 0 Å². The van der Waals surface area contributed by atoms with Crippen LogP contribution in [0, 0.1) is 0 Å². The Morgan fingerprint density at radius 3 is 1.81 bits per heavy atom. The largest absolute Gasteiger partial charge is 0.481 e. The molecule has 0 spiro atoms. The number of unbranched alkanes of at least 4 members (excludes halogenated alkanes) is 10. The maximum Gasteiger partial charge on any atom is 0.307 e. The standard InChI is InChI=1S/C25H48INO4/c1-5-6-7-8-9-11-14-17-22(26)18-15-12-10-13-16-19-25(30)31-23(20-24(28)29)21-27(2,3)4/h22-23H,5-21H2,1-4H3/p+1.